The zero-order chi connectivity index (χ0) is 15.2. The summed E-state index contributed by atoms with van der Waals surface area (Å²) in [5.74, 6) is 1.25. The number of hydrogen-bond donors (Lipinski definition) is 1. The van der Waals surface area contributed by atoms with Crippen LogP contribution in [0.25, 0.3) is 0 Å². The minimum absolute atomic E-state index is 0.208. The van der Waals surface area contributed by atoms with Gasteiger partial charge in [0.25, 0.3) is 0 Å². The highest BCUT2D eigenvalue weighted by Crippen LogP contribution is 2.18. The lowest BCUT2D eigenvalue weighted by atomic mass is 9.93. The SMILES string of the molecule is CN=C(NC1CCC1)N1CCN(CCC(=O)N(C)C)CC1. The molecule has 0 atom stereocenters. The monoisotopic (exact) mass is 295 g/mol. The van der Waals surface area contributed by atoms with E-state index in [2.05, 4.69) is 20.1 Å². The van der Waals surface area contributed by atoms with Crippen molar-refractivity contribution in [3.05, 3.63) is 0 Å². The molecule has 1 N–H and O–H groups in total. The van der Waals surface area contributed by atoms with E-state index in [-0.39, 0.29) is 5.91 Å². The fraction of sp³-hybridized carbons (Fsp3) is 0.867. The van der Waals surface area contributed by atoms with Crippen LogP contribution in [0.15, 0.2) is 4.99 Å². The lowest BCUT2D eigenvalue weighted by molar-refractivity contribution is -0.129. The Morgan fingerprint density at radius 1 is 1.24 bits per heavy atom. The first-order valence-electron chi connectivity index (χ1n) is 8.01. The van der Waals surface area contributed by atoms with Crippen molar-refractivity contribution in [2.45, 2.75) is 31.7 Å². The number of carbonyl (C=O) groups excluding carboxylic acids is 1. The second kappa shape index (κ2) is 7.64. The van der Waals surface area contributed by atoms with E-state index in [4.69, 9.17) is 0 Å². The molecule has 1 aliphatic heterocycles. The summed E-state index contributed by atoms with van der Waals surface area (Å²) in [6.07, 6.45) is 4.49. The summed E-state index contributed by atoms with van der Waals surface area (Å²) >= 11 is 0. The Hall–Kier alpha value is -1.30. The molecule has 6 nitrogen and oxygen atoms in total. The van der Waals surface area contributed by atoms with E-state index in [0.717, 1.165) is 38.7 Å². The first-order valence-corrected chi connectivity index (χ1v) is 8.01. The van der Waals surface area contributed by atoms with Crippen molar-refractivity contribution in [1.82, 2.24) is 20.0 Å². The maximum absolute atomic E-state index is 11.6. The van der Waals surface area contributed by atoms with Crippen LogP contribution in [0.2, 0.25) is 0 Å². The predicted octanol–water partition coefficient (Wildman–Crippen LogP) is 0.210. The van der Waals surface area contributed by atoms with Gasteiger partial charge in [0.1, 0.15) is 0 Å². The van der Waals surface area contributed by atoms with E-state index in [9.17, 15) is 4.79 Å². The zero-order valence-corrected chi connectivity index (χ0v) is 13.6. The fourth-order valence-corrected chi connectivity index (χ4v) is 2.69. The molecule has 0 aromatic heterocycles. The van der Waals surface area contributed by atoms with Crippen molar-refractivity contribution in [3.63, 3.8) is 0 Å². The van der Waals surface area contributed by atoms with Gasteiger partial charge in [-0.2, -0.15) is 0 Å². The van der Waals surface area contributed by atoms with Crippen molar-refractivity contribution in [3.8, 4) is 0 Å². The third-order valence-electron chi connectivity index (χ3n) is 4.46. The largest absolute Gasteiger partial charge is 0.354 e. The van der Waals surface area contributed by atoms with Gasteiger partial charge in [0.15, 0.2) is 5.96 Å². The van der Waals surface area contributed by atoms with Gasteiger partial charge in [-0.05, 0) is 19.3 Å². The third kappa shape index (κ3) is 4.59. The number of aliphatic imine (C=N–C) groups is 1. The van der Waals surface area contributed by atoms with Crippen molar-refractivity contribution in [2.75, 3.05) is 53.9 Å². The van der Waals surface area contributed by atoms with Gasteiger partial charge in [-0.25, -0.2) is 0 Å². The molecule has 0 aromatic carbocycles. The molecule has 1 aliphatic carbocycles. The summed E-state index contributed by atoms with van der Waals surface area (Å²) in [6, 6.07) is 0.624. The smallest absolute Gasteiger partial charge is 0.223 e. The normalized spacial score (nSPS) is 21.1. The molecule has 0 unspecified atom stereocenters. The Bertz CT molecular complexity index is 370. The first kappa shape index (κ1) is 16.1. The topological polar surface area (TPSA) is 51.2 Å². The van der Waals surface area contributed by atoms with Gasteiger partial charge in [0.05, 0.1) is 0 Å². The van der Waals surface area contributed by atoms with Crippen LogP contribution in [0.5, 0.6) is 0 Å². The molecule has 6 heteroatoms. The molecular formula is C15H29N5O. The van der Waals surface area contributed by atoms with Crippen LogP contribution in [0.4, 0.5) is 0 Å². The summed E-state index contributed by atoms with van der Waals surface area (Å²) in [5, 5.41) is 3.55. The Balaban J connectivity index is 1.70. The fourth-order valence-electron chi connectivity index (χ4n) is 2.69. The van der Waals surface area contributed by atoms with Crippen LogP contribution in [0.1, 0.15) is 25.7 Å². The second-order valence-electron chi connectivity index (χ2n) is 6.19. The molecule has 0 aromatic rings. The Morgan fingerprint density at radius 2 is 1.90 bits per heavy atom. The molecule has 2 aliphatic rings. The number of hydrogen-bond acceptors (Lipinski definition) is 3. The van der Waals surface area contributed by atoms with Gasteiger partial charge < -0.3 is 15.1 Å². The van der Waals surface area contributed by atoms with Gasteiger partial charge in [-0.15, -0.1) is 0 Å². The molecular weight excluding hydrogens is 266 g/mol. The van der Waals surface area contributed by atoms with Crippen molar-refractivity contribution >= 4 is 11.9 Å². The summed E-state index contributed by atoms with van der Waals surface area (Å²) in [6.45, 7) is 4.85. The quantitative estimate of drug-likeness (QED) is 0.595. The van der Waals surface area contributed by atoms with Crippen LogP contribution >= 0.6 is 0 Å². The van der Waals surface area contributed by atoms with E-state index in [1.54, 1.807) is 4.90 Å². The molecule has 2 rings (SSSR count). The highest BCUT2D eigenvalue weighted by Gasteiger charge is 2.24. The Labute approximate surface area is 128 Å². The summed E-state index contributed by atoms with van der Waals surface area (Å²) in [5.41, 5.74) is 0. The number of nitrogens with zero attached hydrogens (tertiary/aromatic N) is 4. The number of guanidine groups is 1. The first-order chi connectivity index (χ1) is 10.1. The summed E-state index contributed by atoms with van der Waals surface area (Å²) in [4.78, 5) is 22.4. The molecule has 0 radical (unpaired) electrons. The molecule has 21 heavy (non-hydrogen) atoms. The molecule has 1 amide bonds. The van der Waals surface area contributed by atoms with Crippen molar-refractivity contribution in [2.24, 2.45) is 4.99 Å². The highest BCUT2D eigenvalue weighted by atomic mass is 16.2. The predicted molar refractivity (Wildman–Crippen MR) is 85.5 cm³/mol. The van der Waals surface area contributed by atoms with Gasteiger partial charge in [-0.1, -0.05) is 0 Å². The lowest BCUT2D eigenvalue weighted by Crippen LogP contribution is -2.55. The molecule has 0 spiro atoms. The highest BCUT2D eigenvalue weighted by molar-refractivity contribution is 5.80. The van der Waals surface area contributed by atoms with Gasteiger partial charge in [0, 0.05) is 66.3 Å². The third-order valence-corrected chi connectivity index (χ3v) is 4.46. The number of piperazine rings is 1. The minimum Gasteiger partial charge on any atom is -0.354 e. The number of nitrogens with one attached hydrogen (secondary N) is 1. The van der Waals surface area contributed by atoms with Crippen molar-refractivity contribution in [1.29, 1.82) is 0 Å². The number of amides is 1. The van der Waals surface area contributed by atoms with E-state index in [0.29, 0.717) is 12.5 Å². The average molecular weight is 295 g/mol. The standard InChI is InChI=1S/C15H29N5O/c1-16-15(17-13-5-4-6-13)20-11-9-19(10-12-20)8-7-14(21)18(2)3/h13H,4-12H2,1-3H3,(H,16,17). The van der Waals surface area contributed by atoms with Crippen LogP contribution in [0.3, 0.4) is 0 Å². The molecule has 1 heterocycles. The zero-order valence-electron chi connectivity index (χ0n) is 13.6. The molecule has 1 saturated carbocycles. The van der Waals surface area contributed by atoms with Crippen LogP contribution in [-0.4, -0.2) is 86.5 Å². The Kier molecular flexibility index (Phi) is 5.85. The van der Waals surface area contributed by atoms with Crippen LogP contribution in [0, 0.1) is 0 Å². The second-order valence-corrected chi connectivity index (χ2v) is 6.19. The van der Waals surface area contributed by atoms with Gasteiger partial charge >= 0.3 is 0 Å². The molecule has 120 valence electrons. The molecule has 1 saturated heterocycles. The van der Waals surface area contributed by atoms with E-state index < -0.39 is 0 Å². The summed E-state index contributed by atoms with van der Waals surface area (Å²) < 4.78 is 0. The van der Waals surface area contributed by atoms with Crippen molar-refractivity contribution < 1.29 is 4.79 Å². The average Bonchev–Trinajstić information content (AvgIpc) is 2.44. The van der Waals surface area contributed by atoms with Gasteiger partial charge in [-0.3, -0.25) is 14.7 Å². The summed E-state index contributed by atoms with van der Waals surface area (Å²) in [7, 11) is 5.50. The van der Waals surface area contributed by atoms with E-state index in [1.165, 1.54) is 19.3 Å². The van der Waals surface area contributed by atoms with Crippen LogP contribution in [-0.2, 0) is 4.79 Å². The molecule has 0 bridgehead atoms. The number of carbonyl (C=O) groups is 1. The van der Waals surface area contributed by atoms with E-state index in [1.807, 2.05) is 21.1 Å². The maximum atomic E-state index is 11.6. The Morgan fingerprint density at radius 3 is 2.38 bits per heavy atom. The lowest BCUT2D eigenvalue weighted by Gasteiger charge is -2.38. The van der Waals surface area contributed by atoms with Gasteiger partial charge in [0.2, 0.25) is 5.91 Å². The maximum Gasteiger partial charge on any atom is 0.223 e. The minimum atomic E-state index is 0.208. The van der Waals surface area contributed by atoms with Crippen LogP contribution < -0.4 is 5.32 Å². The van der Waals surface area contributed by atoms with E-state index >= 15 is 0 Å². The molecule has 2 fully saturated rings. The number of rotatable bonds is 4.